The Bertz CT molecular complexity index is 947. The molecule has 1 aliphatic rings. The highest BCUT2D eigenvalue weighted by molar-refractivity contribution is 5.95. The van der Waals surface area contributed by atoms with Crippen LogP contribution < -0.4 is 9.80 Å². The smallest absolute Gasteiger partial charge is 0.339 e. The van der Waals surface area contributed by atoms with Crippen molar-refractivity contribution in [3.8, 4) is 24.7 Å². The molecule has 0 radical (unpaired) electrons. The van der Waals surface area contributed by atoms with E-state index >= 15 is 0 Å². The van der Waals surface area contributed by atoms with E-state index in [0.717, 1.165) is 28.1 Å². The quantitative estimate of drug-likeness (QED) is 0.606. The zero-order chi connectivity index (χ0) is 19.6. The largest absolute Gasteiger partial charge is 0.449 e. The van der Waals surface area contributed by atoms with Gasteiger partial charge in [-0.1, -0.05) is 24.0 Å². The first-order chi connectivity index (χ1) is 13.0. The molecule has 0 bridgehead atoms. The topological polar surface area (TPSA) is 32.8 Å². The molecule has 0 saturated heterocycles. The first kappa shape index (κ1) is 18.4. The predicted octanol–water partition coefficient (Wildman–Crippen LogP) is 3.39. The molecule has 1 heterocycles. The summed E-state index contributed by atoms with van der Waals surface area (Å²) in [5, 5.41) is 0. The van der Waals surface area contributed by atoms with Crippen molar-refractivity contribution >= 4 is 17.3 Å². The zero-order valence-electron chi connectivity index (χ0n) is 15.8. The van der Waals surface area contributed by atoms with E-state index in [2.05, 4.69) is 11.8 Å². The summed E-state index contributed by atoms with van der Waals surface area (Å²) in [5.74, 6) is 4.97. The number of anilines is 2. The highest BCUT2D eigenvalue weighted by Crippen LogP contribution is 2.39. The molecule has 27 heavy (non-hydrogen) atoms. The Labute approximate surface area is 160 Å². The number of carbonyl (C=O) groups excluding carboxylic acids is 1. The first-order valence-electron chi connectivity index (χ1n) is 8.71. The normalized spacial score (nSPS) is 14.7. The third-order valence-electron chi connectivity index (χ3n) is 4.75. The average molecular weight is 358 g/mol. The van der Waals surface area contributed by atoms with Gasteiger partial charge in [0.2, 0.25) is 0 Å². The number of nitrogens with zero attached hydrogens (tertiary/aromatic N) is 2. The summed E-state index contributed by atoms with van der Waals surface area (Å²) in [4.78, 5) is 16.3. The van der Waals surface area contributed by atoms with Gasteiger partial charge in [0.25, 0.3) is 0 Å². The monoisotopic (exact) mass is 358 g/mol. The van der Waals surface area contributed by atoms with Crippen molar-refractivity contribution in [3.05, 3.63) is 58.7 Å². The maximum absolute atomic E-state index is 12.4. The van der Waals surface area contributed by atoms with Crippen LogP contribution in [0.2, 0.25) is 0 Å². The summed E-state index contributed by atoms with van der Waals surface area (Å²) in [6, 6.07) is 11.8. The van der Waals surface area contributed by atoms with E-state index in [1.54, 1.807) is 0 Å². The molecule has 1 atom stereocenters. The molecule has 2 aromatic carbocycles. The highest BCUT2D eigenvalue weighted by Gasteiger charge is 2.33. The SMILES string of the molecule is C#CCN(CC#C)c1ccc(C2OC(=O)c3cc(N(C)C)ccc32)c(C)c1. The van der Waals surface area contributed by atoms with Gasteiger partial charge in [0.05, 0.1) is 18.7 Å². The summed E-state index contributed by atoms with van der Waals surface area (Å²) in [5.41, 5.74) is 5.43. The predicted molar refractivity (Wildman–Crippen MR) is 109 cm³/mol. The van der Waals surface area contributed by atoms with Gasteiger partial charge < -0.3 is 14.5 Å². The molecule has 1 unspecified atom stereocenters. The highest BCUT2D eigenvalue weighted by atomic mass is 16.5. The molecule has 136 valence electrons. The number of ether oxygens (including phenoxy) is 1. The van der Waals surface area contributed by atoms with Crippen LogP contribution in [0.4, 0.5) is 11.4 Å². The lowest BCUT2D eigenvalue weighted by molar-refractivity contribution is 0.0455. The minimum atomic E-state index is -0.397. The van der Waals surface area contributed by atoms with Crippen molar-refractivity contribution < 1.29 is 9.53 Å². The Morgan fingerprint density at radius 1 is 1.00 bits per heavy atom. The van der Waals surface area contributed by atoms with Crippen LogP contribution in [0.15, 0.2) is 36.4 Å². The second kappa shape index (κ2) is 7.48. The second-order valence-corrected chi connectivity index (χ2v) is 6.76. The number of terminal acetylenes is 2. The Balaban J connectivity index is 1.96. The molecule has 0 fully saturated rings. The number of hydrogen-bond donors (Lipinski definition) is 0. The summed E-state index contributed by atoms with van der Waals surface area (Å²) >= 11 is 0. The molecule has 4 nitrogen and oxygen atoms in total. The molecule has 3 rings (SSSR count). The molecular weight excluding hydrogens is 336 g/mol. The summed E-state index contributed by atoms with van der Waals surface area (Å²) in [7, 11) is 3.89. The molecule has 1 aliphatic heterocycles. The Kier molecular flexibility index (Phi) is 5.10. The third-order valence-corrected chi connectivity index (χ3v) is 4.75. The fourth-order valence-electron chi connectivity index (χ4n) is 3.30. The van der Waals surface area contributed by atoms with Gasteiger partial charge >= 0.3 is 5.97 Å². The van der Waals surface area contributed by atoms with Crippen LogP contribution >= 0.6 is 0 Å². The van der Waals surface area contributed by atoms with E-state index in [4.69, 9.17) is 17.6 Å². The lowest BCUT2D eigenvalue weighted by Crippen LogP contribution is -2.23. The van der Waals surface area contributed by atoms with Crippen LogP contribution in [-0.2, 0) is 4.74 Å². The van der Waals surface area contributed by atoms with Gasteiger partial charge in [-0.2, -0.15) is 0 Å². The lowest BCUT2D eigenvalue weighted by atomic mass is 9.95. The van der Waals surface area contributed by atoms with Crippen LogP contribution in [0, 0.1) is 31.6 Å². The van der Waals surface area contributed by atoms with E-state index in [1.165, 1.54) is 0 Å². The van der Waals surface area contributed by atoms with E-state index in [1.807, 2.05) is 67.2 Å². The van der Waals surface area contributed by atoms with Gasteiger partial charge in [-0.05, 0) is 36.8 Å². The van der Waals surface area contributed by atoms with Gasteiger partial charge in [0.15, 0.2) is 6.10 Å². The van der Waals surface area contributed by atoms with E-state index in [-0.39, 0.29) is 5.97 Å². The van der Waals surface area contributed by atoms with Crippen molar-refractivity contribution in [2.24, 2.45) is 0 Å². The number of benzene rings is 2. The molecule has 4 heteroatoms. The molecule has 0 amide bonds. The number of esters is 1. The minimum Gasteiger partial charge on any atom is -0.449 e. The number of aryl methyl sites for hydroxylation is 1. The van der Waals surface area contributed by atoms with Crippen molar-refractivity contribution in [2.45, 2.75) is 13.0 Å². The number of fused-ring (bicyclic) bond motifs is 1. The number of rotatable bonds is 5. The van der Waals surface area contributed by atoms with Crippen LogP contribution in [0.3, 0.4) is 0 Å². The number of carbonyl (C=O) groups is 1. The van der Waals surface area contributed by atoms with Crippen LogP contribution in [0.25, 0.3) is 0 Å². The molecule has 0 N–H and O–H groups in total. The maximum Gasteiger partial charge on any atom is 0.339 e. The number of hydrogen-bond acceptors (Lipinski definition) is 4. The summed E-state index contributed by atoms with van der Waals surface area (Å²) in [6.07, 6.45) is 10.5. The summed E-state index contributed by atoms with van der Waals surface area (Å²) < 4.78 is 5.69. The van der Waals surface area contributed by atoms with Gasteiger partial charge in [-0.3, -0.25) is 0 Å². The Morgan fingerprint density at radius 3 is 2.22 bits per heavy atom. The van der Waals surface area contributed by atoms with Crippen LogP contribution in [0.5, 0.6) is 0 Å². The van der Waals surface area contributed by atoms with Crippen LogP contribution in [-0.4, -0.2) is 33.2 Å². The van der Waals surface area contributed by atoms with Crippen molar-refractivity contribution in [3.63, 3.8) is 0 Å². The van der Waals surface area contributed by atoms with Gasteiger partial charge in [0.1, 0.15) is 0 Å². The average Bonchev–Trinajstić information content (AvgIpc) is 2.97. The van der Waals surface area contributed by atoms with Gasteiger partial charge in [-0.25, -0.2) is 4.79 Å². The summed E-state index contributed by atoms with van der Waals surface area (Å²) in [6.45, 7) is 2.89. The fraction of sp³-hybridized carbons (Fsp3) is 0.261. The van der Waals surface area contributed by atoms with E-state index in [9.17, 15) is 4.79 Å². The molecule has 0 saturated carbocycles. The van der Waals surface area contributed by atoms with Gasteiger partial charge in [-0.15, -0.1) is 12.8 Å². The van der Waals surface area contributed by atoms with Crippen molar-refractivity contribution in [1.82, 2.24) is 0 Å². The number of cyclic esters (lactones) is 1. The van der Waals surface area contributed by atoms with E-state index in [0.29, 0.717) is 18.7 Å². The first-order valence-corrected chi connectivity index (χ1v) is 8.71. The fourth-order valence-corrected chi connectivity index (χ4v) is 3.30. The molecule has 0 aromatic heterocycles. The minimum absolute atomic E-state index is 0.288. The van der Waals surface area contributed by atoms with Gasteiger partial charge in [0, 0.05) is 36.6 Å². The standard InChI is InChI=1S/C23H22N2O2/c1-6-12-25(13-7-2)18-9-10-19(16(3)14-18)22-20-11-8-17(24(4)5)15-21(20)23(26)27-22/h1-2,8-11,14-15,22H,12-13H2,3-5H3. The third kappa shape index (κ3) is 3.48. The lowest BCUT2D eigenvalue weighted by Gasteiger charge is -2.22. The Morgan fingerprint density at radius 2 is 1.63 bits per heavy atom. The molecule has 0 aliphatic carbocycles. The molecular formula is C23H22N2O2. The molecule has 2 aromatic rings. The Hall–Kier alpha value is -3.37. The molecule has 0 spiro atoms. The zero-order valence-corrected chi connectivity index (χ0v) is 15.8. The second-order valence-electron chi connectivity index (χ2n) is 6.76. The van der Waals surface area contributed by atoms with Crippen molar-refractivity contribution in [2.75, 3.05) is 37.0 Å². The van der Waals surface area contributed by atoms with Crippen molar-refractivity contribution in [1.29, 1.82) is 0 Å². The van der Waals surface area contributed by atoms with Crippen LogP contribution in [0.1, 0.15) is 33.2 Å². The maximum atomic E-state index is 12.4. The van der Waals surface area contributed by atoms with E-state index < -0.39 is 6.10 Å².